The molecule has 0 aromatic carbocycles. The number of rotatable bonds is 1. The normalized spacial score (nSPS) is 4.67. The molecule has 0 N–H and O–H groups in total. The summed E-state index contributed by atoms with van der Waals surface area (Å²) < 4.78 is 0. The zero-order chi connectivity index (χ0) is 6.99. The van der Waals surface area contributed by atoms with Crippen molar-refractivity contribution in [2.75, 3.05) is 14.1 Å². The van der Waals surface area contributed by atoms with Crippen molar-refractivity contribution >= 4 is 36.0 Å². The van der Waals surface area contributed by atoms with Crippen LogP contribution in [-0.4, -0.2) is 55.0 Å². The van der Waals surface area contributed by atoms with Gasteiger partial charge in [-0.1, -0.05) is 0 Å². The first-order valence-electron chi connectivity index (χ1n) is 2.11. The molecule has 0 atom stereocenters. The van der Waals surface area contributed by atoms with Crippen LogP contribution in [0.1, 0.15) is 6.92 Å². The molecule has 0 unspecified atom stereocenters. The van der Waals surface area contributed by atoms with Crippen molar-refractivity contribution in [1.29, 1.82) is 5.26 Å². The van der Waals surface area contributed by atoms with E-state index in [0.717, 1.165) is 6.41 Å². The van der Waals surface area contributed by atoms with Crippen LogP contribution in [0.25, 0.3) is 0 Å². The maximum Gasteiger partial charge on any atom is 0.209 e. The van der Waals surface area contributed by atoms with Crippen LogP contribution in [0.3, 0.4) is 0 Å². The van der Waals surface area contributed by atoms with E-state index in [2.05, 4.69) is 0 Å². The summed E-state index contributed by atoms with van der Waals surface area (Å²) in [4.78, 5) is 10.9. The van der Waals surface area contributed by atoms with Crippen LogP contribution in [0.5, 0.6) is 0 Å². The van der Waals surface area contributed by atoms with Crippen LogP contribution in [0.4, 0.5) is 0 Å². The van der Waals surface area contributed by atoms with Crippen molar-refractivity contribution in [3.8, 4) is 6.07 Å². The van der Waals surface area contributed by atoms with Crippen LogP contribution in [0.2, 0.25) is 0 Å². The van der Waals surface area contributed by atoms with Gasteiger partial charge in [0.25, 0.3) is 0 Å². The molecule has 0 bridgehead atoms. The number of amides is 1. The van der Waals surface area contributed by atoms with Crippen LogP contribution in [0.15, 0.2) is 0 Å². The van der Waals surface area contributed by atoms with E-state index < -0.39 is 0 Å². The monoisotopic (exact) mass is 137 g/mol. The summed E-state index contributed by atoms with van der Waals surface area (Å²) in [6, 6.07) is 1.75. The van der Waals surface area contributed by atoms with Gasteiger partial charge in [0.05, 0.1) is 6.07 Å². The second-order valence-electron chi connectivity index (χ2n) is 1.29. The van der Waals surface area contributed by atoms with Gasteiger partial charge in [-0.15, -0.1) is 0 Å². The number of hydrogen-bond donors (Lipinski definition) is 0. The molecule has 0 aromatic rings. The summed E-state index contributed by atoms with van der Waals surface area (Å²) in [6.07, 6.45) is 0.750. The van der Waals surface area contributed by atoms with Gasteiger partial charge >= 0.3 is 0 Å². The molecule has 0 aromatic heterocycles. The van der Waals surface area contributed by atoms with Crippen molar-refractivity contribution in [3.63, 3.8) is 0 Å². The average molecular weight is 137 g/mol. The fraction of sp³-hybridized carbons (Fsp3) is 0.600. The molecule has 0 fully saturated rings. The van der Waals surface area contributed by atoms with Gasteiger partial charge < -0.3 is 4.90 Å². The Labute approximate surface area is 77.9 Å². The Morgan fingerprint density at radius 3 is 1.67 bits per heavy atom. The molecule has 3 nitrogen and oxygen atoms in total. The average Bonchev–Trinajstić information content (AvgIpc) is 1.69. The maximum absolute atomic E-state index is 9.43. The van der Waals surface area contributed by atoms with Crippen molar-refractivity contribution in [3.05, 3.63) is 0 Å². The number of hydrogen-bond acceptors (Lipinski definition) is 2. The SMILES string of the molecule is CC#N.CN(C)C=O.[Na]. The Bertz CT molecular complexity index is 87.4. The minimum atomic E-state index is 0. The second kappa shape index (κ2) is 15.7. The van der Waals surface area contributed by atoms with Gasteiger partial charge in [-0.3, -0.25) is 4.79 Å². The molecule has 0 heterocycles. The summed E-state index contributed by atoms with van der Waals surface area (Å²) in [6.45, 7) is 1.43. The molecule has 0 saturated heterocycles. The van der Waals surface area contributed by atoms with Crippen LogP contribution in [0, 0.1) is 11.3 Å². The predicted molar refractivity (Wildman–Crippen MR) is 36.8 cm³/mol. The zero-order valence-electron chi connectivity index (χ0n) is 6.38. The van der Waals surface area contributed by atoms with E-state index in [-0.39, 0.29) is 29.6 Å². The van der Waals surface area contributed by atoms with Crippen molar-refractivity contribution < 1.29 is 4.79 Å². The van der Waals surface area contributed by atoms with E-state index in [4.69, 9.17) is 5.26 Å². The molecular formula is C5H10N2NaO. The van der Waals surface area contributed by atoms with E-state index in [1.54, 1.807) is 20.2 Å². The van der Waals surface area contributed by atoms with Crippen molar-refractivity contribution in [2.24, 2.45) is 0 Å². The Morgan fingerprint density at radius 1 is 1.56 bits per heavy atom. The minimum absolute atomic E-state index is 0. The molecule has 0 spiro atoms. The molecule has 0 aliphatic heterocycles. The van der Waals surface area contributed by atoms with E-state index >= 15 is 0 Å². The van der Waals surface area contributed by atoms with Crippen LogP contribution in [-0.2, 0) is 4.79 Å². The Kier molecular flexibility index (Phi) is 27.8. The molecule has 0 aliphatic carbocycles. The molecule has 1 radical (unpaired) electrons. The van der Waals surface area contributed by atoms with Gasteiger partial charge in [-0.2, -0.15) is 5.26 Å². The Hall–Kier alpha value is -0.0400. The van der Waals surface area contributed by atoms with Crippen molar-refractivity contribution in [2.45, 2.75) is 6.92 Å². The third-order valence-electron chi connectivity index (χ3n) is 0.211. The van der Waals surface area contributed by atoms with Gasteiger partial charge in [0.2, 0.25) is 6.41 Å². The molecule has 0 rings (SSSR count). The molecule has 9 heavy (non-hydrogen) atoms. The number of nitrogens with zero attached hydrogens (tertiary/aromatic N) is 2. The molecule has 47 valence electrons. The fourth-order valence-electron chi connectivity index (χ4n) is 0. The largest absolute Gasteiger partial charge is 0.351 e. The third kappa shape index (κ3) is 73.6. The summed E-state index contributed by atoms with van der Waals surface area (Å²) >= 11 is 0. The van der Waals surface area contributed by atoms with Crippen LogP contribution >= 0.6 is 0 Å². The predicted octanol–water partition coefficient (Wildman–Crippen LogP) is -0.147. The topological polar surface area (TPSA) is 44.1 Å². The molecule has 0 saturated carbocycles. The standard InChI is InChI=1S/C3H7NO.C2H3N.Na/c1-4(2)3-5;1-2-3;/h3H,1-2H3;1H3;. The van der Waals surface area contributed by atoms with E-state index in [1.165, 1.54) is 11.8 Å². The summed E-state index contributed by atoms with van der Waals surface area (Å²) in [5.41, 5.74) is 0. The van der Waals surface area contributed by atoms with Crippen molar-refractivity contribution in [1.82, 2.24) is 4.90 Å². The minimum Gasteiger partial charge on any atom is -0.351 e. The summed E-state index contributed by atoms with van der Waals surface area (Å²) in [5.74, 6) is 0. The maximum atomic E-state index is 9.43. The van der Waals surface area contributed by atoms with Gasteiger partial charge in [0, 0.05) is 50.6 Å². The zero-order valence-corrected chi connectivity index (χ0v) is 8.38. The van der Waals surface area contributed by atoms with Gasteiger partial charge in [-0.25, -0.2) is 0 Å². The first kappa shape index (κ1) is 16.0. The van der Waals surface area contributed by atoms with E-state index in [1.807, 2.05) is 0 Å². The Balaban J connectivity index is -0.0000000800. The number of carbonyl (C=O) groups is 1. The quantitative estimate of drug-likeness (QED) is 0.372. The van der Waals surface area contributed by atoms with Crippen LogP contribution < -0.4 is 0 Å². The van der Waals surface area contributed by atoms with Gasteiger partial charge in [0.1, 0.15) is 0 Å². The molecule has 1 amide bonds. The van der Waals surface area contributed by atoms with E-state index in [0.29, 0.717) is 0 Å². The molecular weight excluding hydrogens is 127 g/mol. The summed E-state index contributed by atoms with van der Waals surface area (Å²) in [7, 11) is 3.38. The first-order chi connectivity index (χ1) is 3.68. The number of carbonyl (C=O) groups excluding carboxylic acids is 1. The molecule has 4 heteroatoms. The fourth-order valence-corrected chi connectivity index (χ4v) is 0. The smallest absolute Gasteiger partial charge is 0.209 e. The second-order valence-corrected chi connectivity index (χ2v) is 1.29. The Morgan fingerprint density at radius 2 is 1.67 bits per heavy atom. The number of nitriles is 1. The third-order valence-corrected chi connectivity index (χ3v) is 0.211. The molecule has 0 aliphatic rings. The van der Waals surface area contributed by atoms with Gasteiger partial charge in [-0.05, 0) is 0 Å². The first-order valence-corrected chi connectivity index (χ1v) is 2.11. The van der Waals surface area contributed by atoms with Gasteiger partial charge in [0.15, 0.2) is 0 Å². The summed E-state index contributed by atoms with van der Waals surface area (Å²) in [5, 5.41) is 7.32. The van der Waals surface area contributed by atoms with E-state index in [9.17, 15) is 4.79 Å².